The Morgan fingerprint density at radius 3 is 2.56 bits per heavy atom. The minimum atomic E-state index is 0.566. The predicted octanol–water partition coefficient (Wildman–Crippen LogP) is 5.79. The largest absolute Gasteiger partial charge is 0.493 e. The smallest absolute Gasteiger partial charge is 0.163 e. The number of H-pyrrole nitrogens is 1. The molecule has 0 bridgehead atoms. The van der Waals surface area contributed by atoms with Crippen LogP contribution in [0.15, 0.2) is 30.3 Å². The van der Waals surface area contributed by atoms with E-state index in [1.54, 1.807) is 7.11 Å². The minimum Gasteiger partial charge on any atom is -0.493 e. The van der Waals surface area contributed by atoms with Crippen LogP contribution >= 0.6 is 0 Å². The van der Waals surface area contributed by atoms with E-state index in [-0.39, 0.29) is 0 Å². The van der Waals surface area contributed by atoms with Gasteiger partial charge >= 0.3 is 0 Å². The highest BCUT2D eigenvalue weighted by atomic mass is 16.5. The molecule has 1 saturated carbocycles. The second-order valence-corrected chi connectivity index (χ2v) is 9.90. The Kier molecular flexibility index (Phi) is 6.95. The van der Waals surface area contributed by atoms with Gasteiger partial charge in [-0.2, -0.15) is 0 Å². The minimum absolute atomic E-state index is 0.566. The summed E-state index contributed by atoms with van der Waals surface area (Å²) in [5.74, 6) is 1.55. The molecule has 1 aliphatic heterocycles. The fraction of sp³-hybridized carbons (Fsp3) is 0.536. The summed E-state index contributed by atoms with van der Waals surface area (Å²) >= 11 is 0. The number of likely N-dealkylation sites (tertiary alicyclic amines) is 1. The summed E-state index contributed by atoms with van der Waals surface area (Å²) in [4.78, 5) is 13.5. The van der Waals surface area contributed by atoms with E-state index in [4.69, 9.17) is 14.5 Å². The lowest BCUT2D eigenvalue weighted by Crippen LogP contribution is -2.29. The fourth-order valence-electron chi connectivity index (χ4n) is 5.54. The lowest BCUT2D eigenvalue weighted by atomic mass is 10.1. The molecule has 1 aromatic carbocycles. The van der Waals surface area contributed by atoms with Crippen LogP contribution in [0.1, 0.15) is 50.6 Å². The van der Waals surface area contributed by atoms with Gasteiger partial charge in [-0.25, -0.2) is 4.98 Å². The quantitative estimate of drug-likeness (QED) is 0.408. The number of nitrogens with one attached hydrogen (secondary N) is 1. The molecule has 2 aromatic heterocycles. The van der Waals surface area contributed by atoms with E-state index in [1.807, 2.05) is 0 Å². The topological polar surface area (TPSA) is 53.6 Å². The van der Waals surface area contributed by atoms with Gasteiger partial charge in [0.2, 0.25) is 0 Å². The highest BCUT2D eigenvalue weighted by molar-refractivity contribution is 5.96. The molecule has 0 spiro atoms. The Labute approximate surface area is 203 Å². The van der Waals surface area contributed by atoms with Crippen molar-refractivity contribution in [2.75, 3.05) is 45.3 Å². The van der Waals surface area contributed by atoms with Crippen molar-refractivity contribution >= 4 is 16.6 Å². The Bertz CT molecular complexity index is 1110. The summed E-state index contributed by atoms with van der Waals surface area (Å²) in [7, 11) is 3.95. The lowest BCUT2D eigenvalue weighted by molar-refractivity contribution is 0.254. The number of methoxy groups -OCH3 is 1. The van der Waals surface area contributed by atoms with Gasteiger partial charge < -0.3 is 24.3 Å². The first-order valence-electron chi connectivity index (χ1n) is 12.9. The van der Waals surface area contributed by atoms with Crippen LogP contribution in [0.3, 0.4) is 0 Å². The highest BCUT2D eigenvalue weighted by Crippen LogP contribution is 2.39. The van der Waals surface area contributed by atoms with Gasteiger partial charge in [0.05, 0.1) is 30.6 Å². The number of hydrogen-bond donors (Lipinski definition) is 1. The molecule has 6 heteroatoms. The van der Waals surface area contributed by atoms with E-state index in [0.29, 0.717) is 12.6 Å². The third kappa shape index (κ3) is 4.88. The van der Waals surface area contributed by atoms with Crippen molar-refractivity contribution in [1.82, 2.24) is 14.9 Å². The number of aromatic nitrogens is 2. The Hall–Kier alpha value is -2.73. The van der Waals surface area contributed by atoms with Gasteiger partial charge in [-0.1, -0.05) is 12.8 Å². The molecule has 34 heavy (non-hydrogen) atoms. The summed E-state index contributed by atoms with van der Waals surface area (Å²) in [6, 6.07) is 11.2. The van der Waals surface area contributed by atoms with Gasteiger partial charge in [0.25, 0.3) is 0 Å². The second-order valence-electron chi connectivity index (χ2n) is 9.90. The van der Waals surface area contributed by atoms with Gasteiger partial charge in [-0.3, -0.25) is 0 Å². The molecule has 3 aromatic rings. The summed E-state index contributed by atoms with van der Waals surface area (Å²) < 4.78 is 12.0. The molecule has 182 valence electrons. The van der Waals surface area contributed by atoms with Crippen molar-refractivity contribution in [2.45, 2.75) is 57.9 Å². The molecule has 0 radical (unpaired) electrons. The van der Waals surface area contributed by atoms with E-state index < -0.39 is 0 Å². The standard InChI is InChI=1S/C28H38N4O2/c1-20-11-12-23(29-20)25-18-26(31(2)21-9-4-5-10-21)22-17-27(33-3)28(19-24(22)30-25)34-16-8-15-32-13-6-7-14-32/h11-12,17-19,21,29H,4-10,13-16H2,1-3H3. The second kappa shape index (κ2) is 10.3. The summed E-state index contributed by atoms with van der Waals surface area (Å²) in [6.07, 6.45) is 8.76. The Morgan fingerprint density at radius 2 is 1.85 bits per heavy atom. The first-order chi connectivity index (χ1) is 16.6. The third-order valence-electron chi connectivity index (χ3n) is 7.51. The number of benzene rings is 1. The first-order valence-corrected chi connectivity index (χ1v) is 12.9. The van der Waals surface area contributed by atoms with Crippen LogP contribution in [-0.2, 0) is 0 Å². The van der Waals surface area contributed by atoms with E-state index in [9.17, 15) is 0 Å². The Balaban J connectivity index is 1.47. The number of aryl methyl sites for hydroxylation is 1. The van der Waals surface area contributed by atoms with Crippen LogP contribution in [0, 0.1) is 6.92 Å². The molecule has 0 unspecified atom stereocenters. The molecule has 2 aliphatic rings. The molecule has 1 aliphatic carbocycles. The summed E-state index contributed by atoms with van der Waals surface area (Å²) in [5, 5.41) is 1.11. The van der Waals surface area contributed by atoms with Gasteiger partial charge in [0.1, 0.15) is 0 Å². The maximum absolute atomic E-state index is 6.23. The van der Waals surface area contributed by atoms with E-state index in [2.05, 4.69) is 59.1 Å². The molecule has 6 nitrogen and oxygen atoms in total. The maximum Gasteiger partial charge on any atom is 0.163 e. The number of pyridine rings is 1. The van der Waals surface area contributed by atoms with Crippen LogP contribution in [0.5, 0.6) is 11.5 Å². The number of aromatic amines is 1. The fourth-order valence-corrected chi connectivity index (χ4v) is 5.54. The van der Waals surface area contributed by atoms with Crippen molar-refractivity contribution in [2.24, 2.45) is 0 Å². The summed E-state index contributed by atoms with van der Waals surface area (Å²) in [5.41, 5.74) is 5.30. The zero-order chi connectivity index (χ0) is 23.5. The zero-order valence-electron chi connectivity index (χ0n) is 20.9. The molecule has 3 heterocycles. The van der Waals surface area contributed by atoms with E-state index in [1.165, 1.54) is 57.3 Å². The lowest BCUT2D eigenvalue weighted by Gasteiger charge is -2.28. The van der Waals surface area contributed by atoms with Crippen LogP contribution in [0.4, 0.5) is 5.69 Å². The Morgan fingerprint density at radius 1 is 1.06 bits per heavy atom. The van der Waals surface area contributed by atoms with Crippen LogP contribution in [0.25, 0.3) is 22.3 Å². The zero-order valence-corrected chi connectivity index (χ0v) is 20.9. The number of anilines is 1. The van der Waals surface area contributed by atoms with Crippen molar-refractivity contribution < 1.29 is 9.47 Å². The molecule has 0 atom stereocenters. The van der Waals surface area contributed by atoms with Crippen LogP contribution in [0.2, 0.25) is 0 Å². The van der Waals surface area contributed by atoms with Gasteiger partial charge in [-0.05, 0) is 76.4 Å². The molecule has 1 N–H and O–H groups in total. The molecular weight excluding hydrogens is 424 g/mol. The van der Waals surface area contributed by atoms with E-state index in [0.717, 1.165) is 52.4 Å². The molecular formula is C28H38N4O2. The van der Waals surface area contributed by atoms with Crippen molar-refractivity contribution in [1.29, 1.82) is 0 Å². The van der Waals surface area contributed by atoms with Crippen molar-refractivity contribution in [3.8, 4) is 22.9 Å². The number of hydrogen-bond acceptors (Lipinski definition) is 5. The molecule has 1 saturated heterocycles. The third-order valence-corrected chi connectivity index (χ3v) is 7.51. The molecule has 0 amide bonds. The van der Waals surface area contributed by atoms with Crippen LogP contribution < -0.4 is 14.4 Å². The summed E-state index contributed by atoms with van der Waals surface area (Å²) in [6.45, 7) is 6.31. The number of nitrogens with zero attached hydrogens (tertiary/aromatic N) is 3. The van der Waals surface area contributed by atoms with Crippen molar-refractivity contribution in [3.05, 3.63) is 36.0 Å². The normalized spacial score (nSPS) is 17.0. The maximum atomic E-state index is 6.23. The van der Waals surface area contributed by atoms with Crippen LogP contribution in [-0.4, -0.2) is 61.3 Å². The van der Waals surface area contributed by atoms with Gasteiger partial charge in [-0.15, -0.1) is 0 Å². The highest BCUT2D eigenvalue weighted by Gasteiger charge is 2.23. The number of ether oxygens (including phenoxy) is 2. The average molecular weight is 463 g/mol. The molecule has 2 fully saturated rings. The predicted molar refractivity (Wildman–Crippen MR) is 139 cm³/mol. The average Bonchev–Trinajstić information content (AvgIpc) is 3.63. The number of rotatable bonds is 9. The number of fused-ring (bicyclic) bond motifs is 1. The first kappa shape index (κ1) is 23.0. The van der Waals surface area contributed by atoms with E-state index >= 15 is 0 Å². The molecule has 5 rings (SSSR count). The van der Waals surface area contributed by atoms with Gasteiger partial charge in [0.15, 0.2) is 11.5 Å². The van der Waals surface area contributed by atoms with Gasteiger partial charge in [0, 0.05) is 42.5 Å². The monoisotopic (exact) mass is 462 g/mol. The SMILES string of the molecule is COc1cc2c(N(C)C3CCCC3)cc(-c3ccc(C)[nH]3)nc2cc1OCCCN1CCCC1. The van der Waals surface area contributed by atoms with Crippen molar-refractivity contribution in [3.63, 3.8) is 0 Å².